The van der Waals surface area contributed by atoms with Gasteiger partial charge in [0.25, 0.3) is 0 Å². The molecule has 1 aromatic rings. The minimum atomic E-state index is 0.105. The summed E-state index contributed by atoms with van der Waals surface area (Å²) in [5, 5.41) is 0. The molecule has 14 heavy (non-hydrogen) atoms. The lowest BCUT2D eigenvalue weighted by Crippen LogP contribution is -2.11. The first kappa shape index (κ1) is 11.5. The van der Waals surface area contributed by atoms with E-state index < -0.39 is 0 Å². The number of benzene rings is 1. The van der Waals surface area contributed by atoms with Crippen molar-refractivity contribution in [1.29, 1.82) is 0 Å². The van der Waals surface area contributed by atoms with E-state index in [-0.39, 0.29) is 5.41 Å². The maximum absolute atomic E-state index is 5.73. The van der Waals surface area contributed by atoms with E-state index in [0.29, 0.717) is 0 Å². The van der Waals surface area contributed by atoms with Crippen molar-refractivity contribution in [2.75, 3.05) is 0 Å². The van der Waals surface area contributed by atoms with Crippen molar-refractivity contribution in [2.45, 2.75) is 31.1 Å². The van der Waals surface area contributed by atoms with Crippen LogP contribution in [0.3, 0.4) is 0 Å². The molecule has 0 saturated heterocycles. The Morgan fingerprint density at radius 3 is 2.36 bits per heavy atom. The Morgan fingerprint density at radius 1 is 1.29 bits per heavy atom. The van der Waals surface area contributed by atoms with Crippen molar-refractivity contribution in [3.05, 3.63) is 29.3 Å². The lowest BCUT2D eigenvalue weighted by atomic mass is 9.86. The number of terminal acetylenes is 1. The molecule has 0 aromatic heterocycles. The fourth-order valence-electron chi connectivity index (χ4n) is 1.16. The molecule has 0 heterocycles. The Kier molecular flexibility index (Phi) is 3.53. The molecule has 0 saturated carbocycles. The molecule has 0 radical (unpaired) electrons. The molecule has 74 valence electrons. The summed E-state index contributed by atoms with van der Waals surface area (Å²) in [4.78, 5) is 1.01. The lowest BCUT2D eigenvalue weighted by Gasteiger charge is -2.19. The largest absolute Gasteiger partial charge is 0.115 e. The van der Waals surface area contributed by atoms with Crippen LogP contribution in [0.4, 0.5) is 0 Å². The second kappa shape index (κ2) is 4.29. The van der Waals surface area contributed by atoms with Crippen molar-refractivity contribution in [3.63, 3.8) is 0 Å². The van der Waals surface area contributed by atoms with Gasteiger partial charge in [-0.25, -0.2) is 0 Å². The van der Waals surface area contributed by atoms with Gasteiger partial charge in [-0.05, 0) is 50.8 Å². The Hall–Kier alpha value is -0.580. The van der Waals surface area contributed by atoms with Crippen molar-refractivity contribution >= 4 is 21.7 Å². The summed E-state index contributed by atoms with van der Waals surface area (Å²) in [6, 6.07) is 6.04. The highest BCUT2D eigenvalue weighted by Gasteiger charge is 2.14. The Labute approximate surface area is 94.6 Å². The van der Waals surface area contributed by atoms with Crippen molar-refractivity contribution in [1.82, 2.24) is 0 Å². The van der Waals surface area contributed by atoms with Crippen LogP contribution in [-0.4, -0.2) is 0 Å². The van der Waals surface area contributed by atoms with E-state index in [4.69, 9.17) is 17.1 Å². The molecule has 0 aliphatic carbocycles. The van der Waals surface area contributed by atoms with Crippen LogP contribution >= 0.6 is 21.7 Å². The van der Waals surface area contributed by atoms with Gasteiger partial charge in [-0.1, -0.05) is 26.7 Å². The summed E-state index contributed by atoms with van der Waals surface area (Å²) in [7, 11) is 6.93. The average Bonchev–Trinajstić information content (AvgIpc) is 2.15. The van der Waals surface area contributed by atoms with E-state index >= 15 is 0 Å². The predicted octanol–water partition coefficient (Wildman–Crippen LogP) is 4.21. The second-order valence-electron chi connectivity index (χ2n) is 4.22. The molecule has 0 nitrogen and oxygen atoms in total. The molecule has 1 rings (SSSR count). The summed E-state index contributed by atoms with van der Waals surface area (Å²) < 4.78 is 0. The highest BCUT2D eigenvalue weighted by atomic mass is 35.7. The molecule has 2 heteroatoms. The Bertz CT molecular complexity index is 369. The van der Waals surface area contributed by atoms with E-state index in [0.717, 1.165) is 10.5 Å². The molecule has 0 aliphatic heterocycles. The smallest absolute Gasteiger partial charge is 0.0257 e. The zero-order chi connectivity index (χ0) is 10.8. The van der Waals surface area contributed by atoms with Gasteiger partial charge >= 0.3 is 0 Å². The molecule has 1 aromatic carbocycles. The minimum Gasteiger partial charge on any atom is -0.115 e. The molecule has 0 aliphatic rings. The van der Waals surface area contributed by atoms with Gasteiger partial charge in [0.05, 0.1) is 0 Å². The van der Waals surface area contributed by atoms with Gasteiger partial charge in [0, 0.05) is 10.5 Å². The first-order valence-corrected chi connectivity index (χ1v) is 6.02. The quantitative estimate of drug-likeness (QED) is 0.644. The topological polar surface area (TPSA) is 0 Å². The third-order valence-electron chi connectivity index (χ3n) is 2.03. The SMILES string of the molecule is C#Cc1cc(SCl)cc(C(C)(C)C)c1. The van der Waals surface area contributed by atoms with Crippen LogP contribution in [0.1, 0.15) is 31.9 Å². The highest BCUT2D eigenvalue weighted by Crippen LogP contribution is 2.30. The van der Waals surface area contributed by atoms with Crippen LogP contribution in [0.15, 0.2) is 23.1 Å². The van der Waals surface area contributed by atoms with Gasteiger partial charge in [0.2, 0.25) is 0 Å². The third-order valence-corrected chi connectivity index (χ3v) is 2.98. The standard InChI is InChI=1S/C12H13ClS/c1-5-9-6-10(12(2,3)4)8-11(7-9)14-13/h1,6-8H,2-4H3. The van der Waals surface area contributed by atoms with E-state index in [1.807, 2.05) is 12.1 Å². The summed E-state index contributed by atoms with van der Waals surface area (Å²) in [5.74, 6) is 2.64. The summed E-state index contributed by atoms with van der Waals surface area (Å²) in [5.41, 5.74) is 2.21. The molecule has 0 amide bonds. The van der Waals surface area contributed by atoms with E-state index in [9.17, 15) is 0 Å². The fraction of sp³-hybridized carbons (Fsp3) is 0.333. The van der Waals surface area contributed by atoms with Gasteiger partial charge in [-0.3, -0.25) is 0 Å². The molecule has 0 bridgehead atoms. The lowest BCUT2D eigenvalue weighted by molar-refractivity contribution is 0.588. The molecule has 0 N–H and O–H groups in total. The maximum Gasteiger partial charge on any atom is 0.0257 e. The first-order chi connectivity index (χ1) is 6.47. The van der Waals surface area contributed by atoms with Crippen molar-refractivity contribution < 1.29 is 0 Å². The van der Waals surface area contributed by atoms with Gasteiger partial charge in [0.15, 0.2) is 0 Å². The molecular weight excluding hydrogens is 212 g/mol. The highest BCUT2D eigenvalue weighted by molar-refractivity contribution is 8.21. The first-order valence-electron chi connectivity index (χ1n) is 4.38. The maximum atomic E-state index is 5.73. The summed E-state index contributed by atoms with van der Waals surface area (Å²) in [6.07, 6.45) is 5.38. The molecule has 0 unspecified atom stereocenters. The normalized spacial score (nSPS) is 11.1. The van der Waals surface area contributed by atoms with E-state index in [2.05, 4.69) is 32.8 Å². The zero-order valence-corrected chi connectivity index (χ0v) is 10.2. The number of hydrogen-bond donors (Lipinski definition) is 0. The molecule has 0 fully saturated rings. The van der Waals surface area contributed by atoms with Crippen molar-refractivity contribution in [2.24, 2.45) is 0 Å². The summed E-state index contributed by atoms with van der Waals surface area (Å²) >= 11 is 0. The zero-order valence-electron chi connectivity index (χ0n) is 8.60. The monoisotopic (exact) mass is 224 g/mol. The van der Waals surface area contributed by atoms with E-state index in [1.54, 1.807) is 0 Å². The Balaban J connectivity index is 3.26. The van der Waals surface area contributed by atoms with Crippen LogP contribution in [0.2, 0.25) is 0 Å². The average molecular weight is 225 g/mol. The number of halogens is 1. The second-order valence-corrected chi connectivity index (χ2v) is 5.31. The van der Waals surface area contributed by atoms with Crippen LogP contribution in [-0.2, 0) is 5.41 Å². The number of hydrogen-bond acceptors (Lipinski definition) is 1. The predicted molar refractivity (Wildman–Crippen MR) is 64.8 cm³/mol. The van der Waals surface area contributed by atoms with Crippen LogP contribution in [0.5, 0.6) is 0 Å². The Morgan fingerprint density at radius 2 is 1.93 bits per heavy atom. The van der Waals surface area contributed by atoms with Gasteiger partial charge < -0.3 is 0 Å². The van der Waals surface area contributed by atoms with Gasteiger partial charge in [-0.2, -0.15) is 0 Å². The fourth-order valence-corrected chi connectivity index (χ4v) is 1.77. The van der Waals surface area contributed by atoms with Crippen LogP contribution < -0.4 is 0 Å². The third kappa shape index (κ3) is 2.70. The van der Waals surface area contributed by atoms with Gasteiger partial charge in [0.1, 0.15) is 0 Å². The molecular formula is C12H13ClS. The van der Waals surface area contributed by atoms with Crippen LogP contribution in [0.25, 0.3) is 0 Å². The number of rotatable bonds is 1. The van der Waals surface area contributed by atoms with Gasteiger partial charge in [-0.15, -0.1) is 6.42 Å². The van der Waals surface area contributed by atoms with Crippen molar-refractivity contribution in [3.8, 4) is 12.3 Å². The minimum absolute atomic E-state index is 0.105. The van der Waals surface area contributed by atoms with Crippen LogP contribution in [0, 0.1) is 12.3 Å². The molecule has 0 atom stereocenters. The summed E-state index contributed by atoms with van der Waals surface area (Å²) in [6.45, 7) is 6.47. The molecule has 0 spiro atoms. The van der Waals surface area contributed by atoms with E-state index in [1.165, 1.54) is 16.5 Å².